The van der Waals surface area contributed by atoms with Gasteiger partial charge in [-0.25, -0.2) is 0 Å². The molecule has 0 aromatic heterocycles. The van der Waals surface area contributed by atoms with E-state index in [9.17, 15) is 9.59 Å². The molecule has 1 saturated heterocycles. The first-order valence-corrected chi connectivity index (χ1v) is 10.3. The zero-order chi connectivity index (χ0) is 19.3. The van der Waals surface area contributed by atoms with Crippen LogP contribution in [0.3, 0.4) is 0 Å². The minimum Gasteiger partial charge on any atom is -0.325 e. The zero-order valence-corrected chi connectivity index (χ0v) is 16.8. The van der Waals surface area contributed by atoms with Gasteiger partial charge in [-0.3, -0.25) is 9.59 Å². The Morgan fingerprint density at radius 3 is 2.61 bits per heavy atom. The maximum atomic E-state index is 12.8. The van der Waals surface area contributed by atoms with Crippen LogP contribution in [0.1, 0.15) is 17.5 Å². The van der Waals surface area contributed by atoms with Crippen LogP contribution in [0.25, 0.3) is 10.8 Å². The van der Waals surface area contributed by atoms with Gasteiger partial charge in [0.15, 0.2) is 0 Å². The highest BCUT2D eigenvalue weighted by molar-refractivity contribution is 9.10. The number of halogens is 1. The summed E-state index contributed by atoms with van der Waals surface area (Å²) in [7, 11) is 0. The van der Waals surface area contributed by atoms with Gasteiger partial charge in [0, 0.05) is 22.8 Å². The van der Waals surface area contributed by atoms with Crippen LogP contribution in [0.15, 0.2) is 59.1 Å². The summed E-state index contributed by atoms with van der Waals surface area (Å²) in [6.45, 7) is 0.411. The molecule has 1 atom stereocenters. The van der Waals surface area contributed by atoms with Crippen LogP contribution in [0.2, 0.25) is 0 Å². The third kappa shape index (κ3) is 2.81. The number of nitrogens with one attached hydrogen (secondary N) is 1. The molecule has 1 fully saturated rings. The van der Waals surface area contributed by atoms with Crippen LogP contribution in [0, 0.1) is 5.92 Å². The van der Waals surface area contributed by atoms with Crippen molar-refractivity contribution in [1.82, 2.24) is 0 Å². The number of anilines is 2. The van der Waals surface area contributed by atoms with Gasteiger partial charge >= 0.3 is 0 Å². The molecular weight excluding hydrogens is 416 g/mol. The molecular formula is C23H19BrN2O2. The van der Waals surface area contributed by atoms with Gasteiger partial charge in [0.1, 0.15) is 0 Å². The molecule has 4 nitrogen and oxygen atoms in total. The van der Waals surface area contributed by atoms with Crippen LogP contribution in [0.5, 0.6) is 0 Å². The van der Waals surface area contributed by atoms with Gasteiger partial charge in [-0.05, 0) is 63.5 Å². The average molecular weight is 435 g/mol. The topological polar surface area (TPSA) is 49.4 Å². The Kier molecular flexibility index (Phi) is 4.20. The van der Waals surface area contributed by atoms with E-state index in [-0.39, 0.29) is 24.2 Å². The first-order chi connectivity index (χ1) is 13.6. The number of hydrogen-bond acceptors (Lipinski definition) is 2. The largest absolute Gasteiger partial charge is 0.325 e. The monoisotopic (exact) mass is 434 g/mol. The van der Waals surface area contributed by atoms with Gasteiger partial charge in [0.05, 0.1) is 17.3 Å². The summed E-state index contributed by atoms with van der Waals surface area (Å²) in [4.78, 5) is 27.3. The predicted octanol–water partition coefficient (Wildman–Crippen LogP) is 4.69. The third-order valence-corrected chi connectivity index (χ3v) is 6.46. The molecule has 5 heteroatoms. The molecule has 0 spiro atoms. The fourth-order valence-electron chi connectivity index (χ4n) is 4.38. The van der Waals surface area contributed by atoms with Crippen molar-refractivity contribution < 1.29 is 9.59 Å². The molecule has 0 radical (unpaired) electrons. The van der Waals surface area contributed by atoms with E-state index in [1.54, 1.807) is 4.90 Å². The molecule has 0 unspecified atom stereocenters. The van der Waals surface area contributed by atoms with Gasteiger partial charge in [-0.2, -0.15) is 0 Å². The minimum absolute atomic E-state index is 0.00553. The minimum atomic E-state index is -0.359. The van der Waals surface area contributed by atoms with Crippen LogP contribution >= 0.6 is 15.9 Å². The van der Waals surface area contributed by atoms with Gasteiger partial charge < -0.3 is 10.2 Å². The van der Waals surface area contributed by atoms with Crippen LogP contribution in [-0.4, -0.2) is 18.4 Å². The molecule has 1 aliphatic heterocycles. The van der Waals surface area contributed by atoms with Crippen molar-refractivity contribution in [3.05, 3.63) is 70.2 Å². The molecule has 1 heterocycles. The van der Waals surface area contributed by atoms with E-state index in [1.165, 1.54) is 16.5 Å². The highest BCUT2D eigenvalue weighted by Gasteiger charge is 2.36. The maximum absolute atomic E-state index is 12.8. The summed E-state index contributed by atoms with van der Waals surface area (Å²) in [5.41, 5.74) is 4.35. The lowest BCUT2D eigenvalue weighted by Crippen LogP contribution is -2.28. The second-order valence-corrected chi connectivity index (χ2v) is 8.31. The lowest BCUT2D eigenvalue weighted by Gasteiger charge is -2.20. The van der Waals surface area contributed by atoms with Crippen molar-refractivity contribution in [2.45, 2.75) is 19.3 Å². The average Bonchev–Trinajstić information content (AvgIpc) is 3.29. The quantitative estimate of drug-likeness (QED) is 0.649. The first-order valence-electron chi connectivity index (χ1n) is 9.51. The fourth-order valence-corrected chi connectivity index (χ4v) is 4.76. The molecule has 0 bridgehead atoms. The summed E-state index contributed by atoms with van der Waals surface area (Å²) in [5, 5.41) is 5.35. The van der Waals surface area contributed by atoms with Gasteiger partial charge in [-0.15, -0.1) is 0 Å². The van der Waals surface area contributed by atoms with Crippen molar-refractivity contribution in [1.29, 1.82) is 0 Å². The number of carbonyl (C=O) groups excluding carboxylic acids is 2. The summed E-state index contributed by atoms with van der Waals surface area (Å²) in [6, 6.07) is 18.0. The van der Waals surface area contributed by atoms with Crippen molar-refractivity contribution >= 4 is 49.9 Å². The van der Waals surface area contributed by atoms with E-state index in [0.29, 0.717) is 6.54 Å². The Morgan fingerprint density at radius 2 is 1.79 bits per heavy atom. The second-order valence-electron chi connectivity index (χ2n) is 7.46. The number of nitrogens with zero attached hydrogens (tertiary/aromatic N) is 1. The Morgan fingerprint density at radius 1 is 1.00 bits per heavy atom. The Balaban J connectivity index is 1.43. The fraction of sp³-hybridized carbons (Fsp3) is 0.217. The summed E-state index contributed by atoms with van der Waals surface area (Å²) in [6.07, 6.45) is 2.35. The van der Waals surface area contributed by atoms with Crippen LogP contribution < -0.4 is 10.2 Å². The zero-order valence-electron chi connectivity index (χ0n) is 15.2. The van der Waals surface area contributed by atoms with E-state index >= 15 is 0 Å². The predicted molar refractivity (Wildman–Crippen MR) is 115 cm³/mol. The Hall–Kier alpha value is -2.66. The smallest absolute Gasteiger partial charge is 0.229 e. The Bertz CT molecular complexity index is 1110. The van der Waals surface area contributed by atoms with Crippen LogP contribution in [0.4, 0.5) is 11.4 Å². The molecule has 2 amide bonds. The number of benzene rings is 3. The number of hydrogen-bond donors (Lipinski definition) is 1. The molecule has 28 heavy (non-hydrogen) atoms. The third-order valence-electron chi connectivity index (χ3n) is 5.77. The van der Waals surface area contributed by atoms with Crippen LogP contribution in [-0.2, 0) is 22.4 Å². The van der Waals surface area contributed by atoms with Crippen molar-refractivity contribution in [3.63, 3.8) is 0 Å². The number of aryl methyl sites for hydroxylation is 2. The highest BCUT2D eigenvalue weighted by Crippen LogP contribution is 2.38. The van der Waals surface area contributed by atoms with E-state index in [0.717, 1.165) is 34.1 Å². The molecule has 5 rings (SSSR count). The van der Waals surface area contributed by atoms with E-state index < -0.39 is 0 Å². The maximum Gasteiger partial charge on any atom is 0.229 e. The molecule has 3 aromatic rings. The highest BCUT2D eigenvalue weighted by atomic mass is 79.9. The normalized spacial score (nSPS) is 18.1. The van der Waals surface area contributed by atoms with E-state index in [4.69, 9.17) is 0 Å². The van der Waals surface area contributed by atoms with Gasteiger partial charge in [0.2, 0.25) is 11.8 Å². The number of carbonyl (C=O) groups is 2. The molecule has 1 aliphatic carbocycles. The van der Waals surface area contributed by atoms with Crippen molar-refractivity contribution in [3.8, 4) is 0 Å². The summed E-state index contributed by atoms with van der Waals surface area (Å²) in [5.74, 6) is -0.470. The van der Waals surface area contributed by atoms with Gasteiger partial charge in [0.25, 0.3) is 0 Å². The molecule has 2 aliphatic rings. The standard InChI is InChI=1S/C23H19BrN2O2/c24-18-6-1-2-7-19(18)25-23(28)16-12-21(27)26(13-16)20-11-10-15-9-8-14-4-3-5-17(20)22(14)15/h1-7,10-11,16H,8-9,12-13H2,(H,25,28)/t16-/m0/s1. The number of para-hydroxylation sites is 1. The Labute approximate surface area is 171 Å². The SMILES string of the molecule is O=C(Nc1ccccc1Br)[C@H]1CC(=O)N(c2ccc3c4c(cccc24)CC3)C1. The lowest BCUT2D eigenvalue weighted by atomic mass is 10.0. The van der Waals surface area contributed by atoms with E-state index in [1.807, 2.05) is 30.3 Å². The van der Waals surface area contributed by atoms with Crippen molar-refractivity contribution in [2.75, 3.05) is 16.8 Å². The first kappa shape index (κ1) is 17.4. The summed E-state index contributed by atoms with van der Waals surface area (Å²) >= 11 is 3.45. The summed E-state index contributed by atoms with van der Waals surface area (Å²) < 4.78 is 0.831. The molecule has 3 aromatic carbocycles. The number of amides is 2. The molecule has 1 N–H and O–H groups in total. The van der Waals surface area contributed by atoms with Crippen molar-refractivity contribution in [2.24, 2.45) is 5.92 Å². The van der Waals surface area contributed by atoms with Gasteiger partial charge in [-0.1, -0.05) is 36.4 Å². The lowest BCUT2D eigenvalue weighted by molar-refractivity contribution is -0.122. The van der Waals surface area contributed by atoms with E-state index in [2.05, 4.69) is 45.5 Å². The molecule has 140 valence electrons. The molecule has 0 saturated carbocycles. The second kappa shape index (κ2) is 6.74. The number of rotatable bonds is 3.